The van der Waals surface area contributed by atoms with Gasteiger partial charge in [0.1, 0.15) is 5.82 Å². The monoisotopic (exact) mass is 272 g/mol. The smallest absolute Gasteiger partial charge is 0.254 e. The minimum Gasteiger partial charge on any atom is -0.344 e. The van der Waals surface area contributed by atoms with E-state index in [9.17, 15) is 9.18 Å². The third kappa shape index (κ3) is 3.03. The lowest BCUT2D eigenvalue weighted by Crippen LogP contribution is -2.33. The van der Waals surface area contributed by atoms with E-state index in [1.807, 2.05) is 30.3 Å². The molecule has 0 saturated heterocycles. The lowest BCUT2D eigenvalue weighted by Gasteiger charge is -2.17. The van der Waals surface area contributed by atoms with Gasteiger partial charge >= 0.3 is 0 Å². The SMILES string of the molecule is Cc1cccc(C(=O)NC(CN)c2ccccc2)c1F. The minimum atomic E-state index is -0.492. The molecule has 2 rings (SSSR count). The number of carbonyl (C=O) groups is 1. The lowest BCUT2D eigenvalue weighted by atomic mass is 10.1. The summed E-state index contributed by atoms with van der Waals surface area (Å²) in [5.41, 5.74) is 7.08. The van der Waals surface area contributed by atoms with Crippen LogP contribution in [0.1, 0.15) is 27.5 Å². The van der Waals surface area contributed by atoms with Gasteiger partial charge in [0.25, 0.3) is 5.91 Å². The van der Waals surface area contributed by atoms with Gasteiger partial charge in [-0.3, -0.25) is 4.79 Å². The first-order valence-corrected chi connectivity index (χ1v) is 6.44. The molecule has 4 heteroatoms. The Morgan fingerprint density at radius 1 is 1.20 bits per heavy atom. The van der Waals surface area contributed by atoms with Crippen LogP contribution in [-0.2, 0) is 0 Å². The van der Waals surface area contributed by atoms with Crippen LogP contribution in [0.5, 0.6) is 0 Å². The second-order valence-electron chi connectivity index (χ2n) is 4.61. The van der Waals surface area contributed by atoms with Gasteiger partial charge in [0.15, 0.2) is 0 Å². The highest BCUT2D eigenvalue weighted by Gasteiger charge is 2.17. The van der Waals surface area contributed by atoms with Gasteiger partial charge in [-0.25, -0.2) is 4.39 Å². The Labute approximate surface area is 117 Å². The topological polar surface area (TPSA) is 55.1 Å². The normalized spacial score (nSPS) is 11.9. The number of hydrogen-bond donors (Lipinski definition) is 2. The Kier molecular flexibility index (Phi) is 4.48. The third-order valence-electron chi connectivity index (χ3n) is 3.18. The van der Waals surface area contributed by atoms with Crippen molar-refractivity contribution in [1.82, 2.24) is 5.32 Å². The van der Waals surface area contributed by atoms with Gasteiger partial charge in [-0.1, -0.05) is 42.5 Å². The summed E-state index contributed by atoms with van der Waals surface area (Å²) in [5, 5.41) is 2.76. The van der Waals surface area contributed by atoms with E-state index in [2.05, 4.69) is 5.32 Å². The average molecular weight is 272 g/mol. The van der Waals surface area contributed by atoms with Crippen LogP contribution in [0.25, 0.3) is 0 Å². The van der Waals surface area contributed by atoms with Gasteiger partial charge < -0.3 is 11.1 Å². The van der Waals surface area contributed by atoms with E-state index in [1.165, 1.54) is 6.07 Å². The predicted octanol–water partition coefficient (Wildman–Crippen LogP) is 2.56. The molecule has 0 aliphatic rings. The quantitative estimate of drug-likeness (QED) is 0.898. The molecule has 2 aromatic carbocycles. The molecule has 0 fully saturated rings. The van der Waals surface area contributed by atoms with E-state index >= 15 is 0 Å². The molecule has 0 heterocycles. The predicted molar refractivity (Wildman–Crippen MR) is 76.8 cm³/mol. The van der Waals surface area contributed by atoms with Crippen molar-refractivity contribution in [3.63, 3.8) is 0 Å². The highest BCUT2D eigenvalue weighted by molar-refractivity contribution is 5.95. The zero-order valence-corrected chi connectivity index (χ0v) is 11.3. The number of halogens is 1. The van der Waals surface area contributed by atoms with Crippen molar-refractivity contribution in [2.45, 2.75) is 13.0 Å². The minimum absolute atomic E-state index is 0.0411. The maximum absolute atomic E-state index is 13.9. The zero-order valence-electron chi connectivity index (χ0n) is 11.3. The van der Waals surface area contributed by atoms with Crippen LogP contribution >= 0.6 is 0 Å². The number of amides is 1. The summed E-state index contributed by atoms with van der Waals surface area (Å²) in [6.45, 7) is 1.88. The van der Waals surface area contributed by atoms with Crippen molar-refractivity contribution in [3.8, 4) is 0 Å². The Balaban J connectivity index is 2.20. The van der Waals surface area contributed by atoms with Crippen molar-refractivity contribution in [2.24, 2.45) is 5.73 Å². The highest BCUT2D eigenvalue weighted by Crippen LogP contribution is 2.15. The highest BCUT2D eigenvalue weighted by atomic mass is 19.1. The summed E-state index contributed by atoms with van der Waals surface area (Å²) in [6, 6.07) is 13.8. The number of carbonyl (C=O) groups excluding carboxylic acids is 1. The summed E-state index contributed by atoms with van der Waals surface area (Å²) in [7, 11) is 0. The van der Waals surface area contributed by atoms with Crippen LogP contribution in [-0.4, -0.2) is 12.5 Å². The molecule has 3 N–H and O–H groups in total. The molecule has 0 aliphatic heterocycles. The molecule has 0 spiro atoms. The van der Waals surface area contributed by atoms with Crippen molar-refractivity contribution in [2.75, 3.05) is 6.54 Å². The molecule has 1 atom stereocenters. The molecule has 1 unspecified atom stereocenters. The van der Waals surface area contributed by atoms with Crippen molar-refractivity contribution in [1.29, 1.82) is 0 Å². The second kappa shape index (κ2) is 6.30. The largest absolute Gasteiger partial charge is 0.344 e. The summed E-state index contributed by atoms with van der Waals surface area (Å²) in [4.78, 5) is 12.2. The van der Waals surface area contributed by atoms with Gasteiger partial charge in [0.05, 0.1) is 11.6 Å². The fraction of sp³-hybridized carbons (Fsp3) is 0.188. The molecule has 0 saturated carbocycles. The van der Waals surface area contributed by atoms with Crippen LogP contribution in [0.15, 0.2) is 48.5 Å². The van der Waals surface area contributed by atoms with Crippen LogP contribution in [0.2, 0.25) is 0 Å². The summed E-state index contributed by atoms with van der Waals surface area (Å²) >= 11 is 0. The fourth-order valence-electron chi connectivity index (χ4n) is 2.02. The molecule has 1 amide bonds. The van der Waals surface area contributed by atoms with E-state index < -0.39 is 11.7 Å². The van der Waals surface area contributed by atoms with Crippen molar-refractivity contribution in [3.05, 3.63) is 71.0 Å². The number of rotatable bonds is 4. The molecule has 3 nitrogen and oxygen atoms in total. The van der Waals surface area contributed by atoms with E-state index in [0.29, 0.717) is 5.56 Å². The van der Waals surface area contributed by atoms with Crippen molar-refractivity contribution >= 4 is 5.91 Å². The van der Waals surface area contributed by atoms with Gasteiger partial charge in [0.2, 0.25) is 0 Å². The molecular weight excluding hydrogens is 255 g/mol. The average Bonchev–Trinajstić information content (AvgIpc) is 2.48. The van der Waals surface area contributed by atoms with Crippen LogP contribution in [0, 0.1) is 12.7 Å². The van der Waals surface area contributed by atoms with E-state index in [-0.39, 0.29) is 18.2 Å². The lowest BCUT2D eigenvalue weighted by molar-refractivity contribution is 0.0933. The fourth-order valence-corrected chi connectivity index (χ4v) is 2.02. The van der Waals surface area contributed by atoms with Gasteiger partial charge in [-0.2, -0.15) is 0 Å². The molecule has 0 aromatic heterocycles. The molecule has 104 valence electrons. The maximum atomic E-state index is 13.9. The Hall–Kier alpha value is -2.20. The first-order valence-electron chi connectivity index (χ1n) is 6.44. The zero-order chi connectivity index (χ0) is 14.5. The van der Waals surface area contributed by atoms with E-state index in [4.69, 9.17) is 5.73 Å². The molecule has 0 aliphatic carbocycles. The van der Waals surface area contributed by atoms with E-state index in [0.717, 1.165) is 5.56 Å². The summed E-state index contributed by atoms with van der Waals surface area (Å²) in [6.07, 6.45) is 0. The second-order valence-corrected chi connectivity index (χ2v) is 4.61. The Bertz CT molecular complexity index is 599. The van der Waals surface area contributed by atoms with Gasteiger partial charge in [-0.15, -0.1) is 0 Å². The van der Waals surface area contributed by atoms with Crippen LogP contribution < -0.4 is 11.1 Å². The Morgan fingerprint density at radius 2 is 1.90 bits per heavy atom. The standard InChI is InChI=1S/C16H17FN2O/c1-11-6-5-9-13(15(11)17)16(20)19-14(10-18)12-7-3-2-4-8-12/h2-9,14H,10,18H2,1H3,(H,19,20). The third-order valence-corrected chi connectivity index (χ3v) is 3.18. The van der Waals surface area contributed by atoms with Crippen molar-refractivity contribution < 1.29 is 9.18 Å². The first-order chi connectivity index (χ1) is 9.63. The van der Waals surface area contributed by atoms with E-state index in [1.54, 1.807) is 19.1 Å². The Morgan fingerprint density at radius 3 is 2.55 bits per heavy atom. The van der Waals surface area contributed by atoms with Crippen LogP contribution in [0.4, 0.5) is 4.39 Å². The maximum Gasteiger partial charge on any atom is 0.254 e. The number of hydrogen-bond acceptors (Lipinski definition) is 2. The molecule has 20 heavy (non-hydrogen) atoms. The summed E-state index contributed by atoms with van der Waals surface area (Å²) in [5.74, 6) is -0.945. The number of benzene rings is 2. The molecule has 2 aromatic rings. The first kappa shape index (κ1) is 14.2. The van der Waals surface area contributed by atoms with Crippen LogP contribution in [0.3, 0.4) is 0 Å². The van der Waals surface area contributed by atoms with Gasteiger partial charge in [0, 0.05) is 6.54 Å². The number of aryl methyl sites for hydroxylation is 1. The molecule has 0 bridgehead atoms. The number of nitrogens with two attached hydrogens (primary N) is 1. The number of nitrogens with one attached hydrogen (secondary N) is 1. The molecule has 0 radical (unpaired) electrons. The van der Waals surface area contributed by atoms with Gasteiger partial charge in [-0.05, 0) is 24.1 Å². The summed E-state index contributed by atoms with van der Waals surface area (Å²) < 4.78 is 13.9. The molecular formula is C16H17FN2O.